The third-order valence-electron chi connectivity index (χ3n) is 1.97. The molecule has 0 aromatic carbocycles. The SMILES string of the molecule is O=C(O)CSc1nnc(NC(=O)c2csc([N+](=O)[O-])c2)s1. The van der Waals surface area contributed by atoms with Crippen LogP contribution in [0.3, 0.4) is 0 Å². The molecule has 0 atom stereocenters. The van der Waals surface area contributed by atoms with Gasteiger partial charge in [0.15, 0.2) is 4.34 Å². The molecule has 0 saturated heterocycles. The van der Waals surface area contributed by atoms with Gasteiger partial charge in [-0.2, -0.15) is 0 Å². The van der Waals surface area contributed by atoms with Crippen LogP contribution in [-0.2, 0) is 4.79 Å². The van der Waals surface area contributed by atoms with E-state index < -0.39 is 16.8 Å². The first-order valence-corrected chi connectivity index (χ1v) is 7.86. The van der Waals surface area contributed by atoms with Crippen molar-refractivity contribution in [2.75, 3.05) is 11.1 Å². The number of thioether (sulfide) groups is 1. The van der Waals surface area contributed by atoms with Crippen LogP contribution < -0.4 is 5.32 Å². The Labute approximate surface area is 129 Å². The van der Waals surface area contributed by atoms with E-state index in [0.717, 1.165) is 34.4 Å². The van der Waals surface area contributed by atoms with Gasteiger partial charge in [0.1, 0.15) is 0 Å². The number of amides is 1. The fourth-order valence-electron chi connectivity index (χ4n) is 1.15. The molecule has 0 radical (unpaired) electrons. The standard InChI is InChI=1S/C9H6N4O5S3/c14-6(15)3-20-9-12-11-8(21-9)10-7(16)4-1-5(13(17)18)19-2-4/h1-2H,3H2,(H,14,15)(H,10,11,16). The number of carbonyl (C=O) groups is 2. The molecule has 21 heavy (non-hydrogen) atoms. The first-order chi connectivity index (χ1) is 9.95. The monoisotopic (exact) mass is 346 g/mol. The second-order valence-corrected chi connectivity index (χ2v) is 6.53. The molecule has 2 heterocycles. The molecule has 9 nitrogen and oxygen atoms in total. The zero-order chi connectivity index (χ0) is 15.4. The van der Waals surface area contributed by atoms with Crippen molar-refractivity contribution in [2.45, 2.75) is 4.34 Å². The van der Waals surface area contributed by atoms with Crippen LogP contribution in [-0.4, -0.2) is 37.9 Å². The van der Waals surface area contributed by atoms with Crippen molar-refractivity contribution < 1.29 is 19.6 Å². The largest absolute Gasteiger partial charge is 0.481 e. The number of hydrogen-bond donors (Lipinski definition) is 2. The van der Waals surface area contributed by atoms with Gasteiger partial charge in [-0.3, -0.25) is 25.0 Å². The first kappa shape index (κ1) is 15.3. The summed E-state index contributed by atoms with van der Waals surface area (Å²) in [6.45, 7) is 0. The topological polar surface area (TPSA) is 135 Å². The van der Waals surface area contributed by atoms with Crippen molar-refractivity contribution in [1.82, 2.24) is 10.2 Å². The molecule has 12 heteroatoms. The first-order valence-electron chi connectivity index (χ1n) is 5.18. The van der Waals surface area contributed by atoms with Gasteiger partial charge in [0, 0.05) is 11.4 Å². The van der Waals surface area contributed by atoms with Gasteiger partial charge in [0.05, 0.1) is 16.2 Å². The number of carbonyl (C=O) groups excluding carboxylic acids is 1. The average molecular weight is 346 g/mol. The number of aromatic nitrogens is 2. The highest BCUT2D eigenvalue weighted by atomic mass is 32.2. The van der Waals surface area contributed by atoms with Crippen LogP contribution >= 0.6 is 34.4 Å². The molecule has 110 valence electrons. The van der Waals surface area contributed by atoms with Crippen molar-refractivity contribution in [2.24, 2.45) is 0 Å². The zero-order valence-corrected chi connectivity index (χ0v) is 12.5. The highest BCUT2D eigenvalue weighted by Crippen LogP contribution is 2.27. The number of hydrogen-bond acceptors (Lipinski definition) is 9. The lowest BCUT2D eigenvalue weighted by molar-refractivity contribution is -0.380. The Morgan fingerprint density at radius 2 is 2.24 bits per heavy atom. The Kier molecular flexibility index (Phi) is 4.82. The number of rotatable bonds is 6. The summed E-state index contributed by atoms with van der Waals surface area (Å²) in [5.74, 6) is -1.67. The summed E-state index contributed by atoms with van der Waals surface area (Å²) in [6, 6.07) is 1.17. The van der Waals surface area contributed by atoms with Gasteiger partial charge in [0.25, 0.3) is 5.91 Å². The minimum absolute atomic E-state index is 0.130. The number of carboxylic acid groups (broad SMARTS) is 1. The molecule has 0 unspecified atom stereocenters. The maximum absolute atomic E-state index is 11.8. The highest BCUT2D eigenvalue weighted by Gasteiger charge is 2.16. The van der Waals surface area contributed by atoms with Gasteiger partial charge in [-0.15, -0.1) is 10.2 Å². The predicted molar refractivity (Wildman–Crippen MR) is 77.2 cm³/mol. The molecule has 0 fully saturated rings. The lowest BCUT2D eigenvalue weighted by Crippen LogP contribution is -2.10. The third kappa shape index (κ3) is 4.21. The molecule has 0 saturated carbocycles. The average Bonchev–Trinajstić information content (AvgIpc) is 3.05. The lowest BCUT2D eigenvalue weighted by atomic mass is 10.3. The van der Waals surface area contributed by atoms with E-state index in [4.69, 9.17) is 5.11 Å². The van der Waals surface area contributed by atoms with Crippen LogP contribution in [0.15, 0.2) is 15.8 Å². The molecule has 2 aromatic rings. The Bertz CT molecular complexity index is 697. The molecule has 2 rings (SSSR count). The van der Waals surface area contributed by atoms with Gasteiger partial charge < -0.3 is 5.11 Å². The third-order valence-corrected chi connectivity index (χ3v) is 4.81. The van der Waals surface area contributed by atoms with E-state index in [1.807, 2.05) is 0 Å². The predicted octanol–water partition coefficient (Wildman–Crippen LogP) is 1.94. The number of carboxylic acids is 1. The fourth-order valence-corrected chi connectivity index (χ4v) is 3.32. The van der Waals surface area contributed by atoms with E-state index in [0.29, 0.717) is 4.34 Å². The Morgan fingerprint density at radius 3 is 2.86 bits per heavy atom. The van der Waals surface area contributed by atoms with Crippen LogP contribution in [0.4, 0.5) is 10.1 Å². The Hall–Kier alpha value is -2.05. The number of aliphatic carboxylic acids is 1. The molecular formula is C9H6N4O5S3. The quantitative estimate of drug-likeness (QED) is 0.350. The molecular weight excluding hydrogens is 340 g/mol. The molecule has 0 aliphatic rings. The Morgan fingerprint density at radius 1 is 1.48 bits per heavy atom. The fraction of sp³-hybridized carbons (Fsp3) is 0.111. The Balaban J connectivity index is 1.98. The summed E-state index contributed by atoms with van der Waals surface area (Å²) in [5, 5.41) is 30.4. The number of thiophene rings is 1. The van der Waals surface area contributed by atoms with Crippen molar-refractivity contribution in [3.63, 3.8) is 0 Å². The summed E-state index contributed by atoms with van der Waals surface area (Å²) >= 11 is 2.86. The number of anilines is 1. The van der Waals surface area contributed by atoms with Crippen molar-refractivity contribution in [3.05, 3.63) is 27.1 Å². The minimum atomic E-state index is -0.980. The molecule has 1 amide bonds. The smallest absolute Gasteiger partial charge is 0.324 e. The number of nitrogens with one attached hydrogen (secondary N) is 1. The van der Waals surface area contributed by atoms with Crippen molar-refractivity contribution in [1.29, 1.82) is 0 Å². The van der Waals surface area contributed by atoms with Gasteiger partial charge in [-0.05, 0) is 0 Å². The number of nitrogens with zero attached hydrogens (tertiary/aromatic N) is 3. The number of nitro groups is 1. The normalized spacial score (nSPS) is 10.3. The molecule has 0 aliphatic carbocycles. The van der Waals surface area contributed by atoms with Crippen molar-refractivity contribution >= 4 is 56.4 Å². The van der Waals surface area contributed by atoms with E-state index in [-0.39, 0.29) is 21.4 Å². The summed E-state index contributed by atoms with van der Waals surface area (Å²) in [7, 11) is 0. The molecule has 2 aromatic heterocycles. The molecule has 0 spiro atoms. The summed E-state index contributed by atoms with van der Waals surface area (Å²) < 4.78 is 0.406. The molecule has 2 N–H and O–H groups in total. The van der Waals surface area contributed by atoms with E-state index in [2.05, 4.69) is 15.5 Å². The van der Waals surface area contributed by atoms with Crippen LogP contribution in [0.25, 0.3) is 0 Å². The maximum atomic E-state index is 11.8. The van der Waals surface area contributed by atoms with Crippen LogP contribution in [0.1, 0.15) is 10.4 Å². The summed E-state index contributed by atoms with van der Waals surface area (Å²) in [6.07, 6.45) is 0. The van der Waals surface area contributed by atoms with Crippen LogP contribution in [0.5, 0.6) is 0 Å². The van der Waals surface area contributed by atoms with Gasteiger partial charge in [0.2, 0.25) is 5.13 Å². The summed E-state index contributed by atoms with van der Waals surface area (Å²) in [4.78, 5) is 32.2. The van der Waals surface area contributed by atoms with Crippen LogP contribution in [0, 0.1) is 10.1 Å². The van der Waals surface area contributed by atoms with Gasteiger partial charge in [-0.25, -0.2) is 0 Å². The van der Waals surface area contributed by atoms with Gasteiger partial charge >= 0.3 is 11.0 Å². The second-order valence-electron chi connectivity index (χ2n) is 3.44. The second kappa shape index (κ2) is 6.60. The van der Waals surface area contributed by atoms with Crippen molar-refractivity contribution in [3.8, 4) is 0 Å². The van der Waals surface area contributed by atoms with Gasteiger partial charge in [-0.1, -0.05) is 34.4 Å². The molecule has 0 aliphatic heterocycles. The van der Waals surface area contributed by atoms with E-state index in [1.54, 1.807) is 0 Å². The summed E-state index contributed by atoms with van der Waals surface area (Å²) in [5.41, 5.74) is 0.154. The van der Waals surface area contributed by atoms with E-state index in [1.165, 1.54) is 11.4 Å². The zero-order valence-electron chi connectivity index (χ0n) is 10.0. The minimum Gasteiger partial charge on any atom is -0.481 e. The lowest BCUT2D eigenvalue weighted by Gasteiger charge is -1.96. The van der Waals surface area contributed by atoms with E-state index in [9.17, 15) is 19.7 Å². The maximum Gasteiger partial charge on any atom is 0.324 e. The van der Waals surface area contributed by atoms with Crippen LogP contribution in [0.2, 0.25) is 0 Å². The highest BCUT2D eigenvalue weighted by molar-refractivity contribution is 8.01. The molecule has 0 bridgehead atoms. The van der Waals surface area contributed by atoms with E-state index >= 15 is 0 Å².